The Morgan fingerprint density at radius 3 is 2.14 bits per heavy atom. The van der Waals surface area contributed by atoms with Gasteiger partial charge in [-0.1, -0.05) is 84.9 Å². The first-order valence-electron chi connectivity index (χ1n) is 9.24. The molecule has 1 N–H and O–H groups in total. The highest BCUT2D eigenvalue weighted by atomic mass is 16.5. The maximum absolute atomic E-state index is 13.0. The van der Waals surface area contributed by atoms with Gasteiger partial charge in [-0.05, 0) is 23.6 Å². The van der Waals surface area contributed by atoms with E-state index in [1.54, 1.807) is 12.1 Å². The van der Waals surface area contributed by atoms with E-state index in [4.69, 9.17) is 4.74 Å². The SMILES string of the molecule is Cc1ccccc1CC(NC(=O)OCc1ccccc1)C(=O)c1ccccc1. The Morgan fingerprint density at radius 2 is 1.46 bits per heavy atom. The molecule has 0 aliphatic heterocycles. The first-order chi connectivity index (χ1) is 13.6. The van der Waals surface area contributed by atoms with E-state index in [1.807, 2.05) is 79.7 Å². The number of benzene rings is 3. The molecule has 0 aromatic heterocycles. The molecule has 0 aliphatic carbocycles. The molecule has 4 heteroatoms. The summed E-state index contributed by atoms with van der Waals surface area (Å²) >= 11 is 0. The second-order valence-corrected chi connectivity index (χ2v) is 6.62. The lowest BCUT2D eigenvalue weighted by atomic mass is 9.95. The molecule has 28 heavy (non-hydrogen) atoms. The molecule has 0 fully saturated rings. The van der Waals surface area contributed by atoms with Gasteiger partial charge in [0.15, 0.2) is 5.78 Å². The lowest BCUT2D eigenvalue weighted by Crippen LogP contribution is -2.42. The summed E-state index contributed by atoms with van der Waals surface area (Å²) in [6.07, 6.45) is -0.201. The number of amides is 1. The molecule has 0 bridgehead atoms. The molecule has 1 atom stereocenters. The van der Waals surface area contributed by atoms with Crippen LogP contribution in [0.2, 0.25) is 0 Å². The number of carbonyl (C=O) groups excluding carboxylic acids is 2. The summed E-state index contributed by atoms with van der Waals surface area (Å²) in [5, 5.41) is 2.75. The van der Waals surface area contributed by atoms with Crippen LogP contribution in [-0.4, -0.2) is 17.9 Å². The Labute approximate surface area is 165 Å². The third kappa shape index (κ3) is 5.30. The van der Waals surface area contributed by atoms with E-state index in [-0.39, 0.29) is 12.4 Å². The van der Waals surface area contributed by atoms with Gasteiger partial charge in [0.1, 0.15) is 6.61 Å². The van der Waals surface area contributed by atoms with Gasteiger partial charge in [-0.25, -0.2) is 4.79 Å². The number of rotatable bonds is 7. The van der Waals surface area contributed by atoms with E-state index in [0.29, 0.717) is 12.0 Å². The average Bonchev–Trinajstić information content (AvgIpc) is 2.74. The van der Waals surface area contributed by atoms with E-state index < -0.39 is 12.1 Å². The summed E-state index contributed by atoms with van der Waals surface area (Å²) in [6, 6.07) is 25.6. The lowest BCUT2D eigenvalue weighted by molar-refractivity contribution is 0.0916. The van der Waals surface area contributed by atoms with E-state index >= 15 is 0 Å². The molecule has 0 saturated carbocycles. The van der Waals surface area contributed by atoms with Crippen molar-refractivity contribution in [1.29, 1.82) is 0 Å². The first-order valence-corrected chi connectivity index (χ1v) is 9.24. The minimum Gasteiger partial charge on any atom is -0.445 e. The summed E-state index contributed by atoms with van der Waals surface area (Å²) in [5.74, 6) is -0.138. The van der Waals surface area contributed by atoms with Gasteiger partial charge in [0.2, 0.25) is 0 Å². The van der Waals surface area contributed by atoms with Crippen molar-refractivity contribution >= 4 is 11.9 Å². The summed E-state index contributed by atoms with van der Waals surface area (Å²) in [6.45, 7) is 2.15. The fourth-order valence-corrected chi connectivity index (χ4v) is 2.98. The van der Waals surface area contributed by atoms with Crippen molar-refractivity contribution in [3.63, 3.8) is 0 Å². The highest BCUT2D eigenvalue weighted by Gasteiger charge is 2.23. The number of ketones is 1. The molecule has 0 saturated heterocycles. The van der Waals surface area contributed by atoms with Crippen molar-refractivity contribution in [1.82, 2.24) is 5.32 Å². The molecule has 3 rings (SSSR count). The average molecular weight is 373 g/mol. The number of alkyl carbamates (subject to hydrolysis) is 1. The van der Waals surface area contributed by atoms with Crippen LogP contribution in [0.1, 0.15) is 27.0 Å². The van der Waals surface area contributed by atoms with Crippen molar-refractivity contribution < 1.29 is 14.3 Å². The zero-order valence-electron chi connectivity index (χ0n) is 15.8. The van der Waals surface area contributed by atoms with Gasteiger partial charge < -0.3 is 10.1 Å². The largest absolute Gasteiger partial charge is 0.445 e. The van der Waals surface area contributed by atoms with Crippen molar-refractivity contribution in [2.75, 3.05) is 0 Å². The monoisotopic (exact) mass is 373 g/mol. The highest BCUT2D eigenvalue weighted by molar-refractivity contribution is 6.01. The highest BCUT2D eigenvalue weighted by Crippen LogP contribution is 2.14. The normalized spacial score (nSPS) is 11.5. The van der Waals surface area contributed by atoms with E-state index in [9.17, 15) is 9.59 Å². The number of nitrogens with one attached hydrogen (secondary N) is 1. The van der Waals surface area contributed by atoms with Crippen LogP contribution in [0.25, 0.3) is 0 Å². The molecule has 3 aromatic rings. The van der Waals surface area contributed by atoms with Crippen LogP contribution >= 0.6 is 0 Å². The molecule has 0 heterocycles. The molecular formula is C24H23NO3. The van der Waals surface area contributed by atoms with Crippen LogP contribution in [0, 0.1) is 6.92 Å². The van der Waals surface area contributed by atoms with Crippen LogP contribution in [0.3, 0.4) is 0 Å². The standard InChI is InChI=1S/C24H23NO3/c1-18-10-8-9-15-21(18)16-22(23(26)20-13-6-3-7-14-20)25-24(27)28-17-19-11-4-2-5-12-19/h2-15,22H,16-17H2,1H3,(H,25,27). The molecule has 0 spiro atoms. The van der Waals surface area contributed by atoms with Crippen molar-refractivity contribution in [2.24, 2.45) is 0 Å². The van der Waals surface area contributed by atoms with Gasteiger partial charge in [0.05, 0.1) is 6.04 Å². The third-order valence-corrected chi connectivity index (χ3v) is 4.56. The van der Waals surface area contributed by atoms with Gasteiger partial charge >= 0.3 is 6.09 Å². The third-order valence-electron chi connectivity index (χ3n) is 4.56. The zero-order valence-corrected chi connectivity index (χ0v) is 15.8. The number of hydrogen-bond acceptors (Lipinski definition) is 3. The Balaban J connectivity index is 1.72. The predicted molar refractivity (Wildman–Crippen MR) is 109 cm³/mol. The van der Waals surface area contributed by atoms with Gasteiger partial charge in [-0.15, -0.1) is 0 Å². The number of carbonyl (C=O) groups is 2. The summed E-state index contributed by atoms with van der Waals surface area (Å²) in [5.41, 5.74) is 3.54. The van der Waals surface area contributed by atoms with Crippen LogP contribution in [0.4, 0.5) is 4.79 Å². The van der Waals surface area contributed by atoms with E-state index in [0.717, 1.165) is 16.7 Å². The summed E-state index contributed by atoms with van der Waals surface area (Å²) in [7, 11) is 0. The van der Waals surface area contributed by atoms with E-state index in [2.05, 4.69) is 5.32 Å². The minimum atomic E-state index is -0.702. The van der Waals surface area contributed by atoms with Crippen LogP contribution < -0.4 is 5.32 Å². The van der Waals surface area contributed by atoms with Gasteiger partial charge in [0, 0.05) is 12.0 Å². The molecule has 0 aliphatic rings. The minimum absolute atomic E-state index is 0.138. The summed E-state index contributed by atoms with van der Waals surface area (Å²) < 4.78 is 5.31. The van der Waals surface area contributed by atoms with Gasteiger partial charge in [0.25, 0.3) is 0 Å². The second kappa shape index (κ2) is 9.51. The van der Waals surface area contributed by atoms with Gasteiger partial charge in [-0.2, -0.15) is 0 Å². The Bertz CT molecular complexity index is 923. The number of ether oxygens (including phenoxy) is 1. The predicted octanol–water partition coefficient (Wildman–Crippen LogP) is 4.72. The van der Waals surface area contributed by atoms with E-state index in [1.165, 1.54) is 0 Å². The topological polar surface area (TPSA) is 55.4 Å². The Hall–Kier alpha value is -3.40. The fraction of sp³-hybridized carbons (Fsp3) is 0.167. The number of Topliss-reactive ketones (excluding diaryl/α,β-unsaturated/α-hetero) is 1. The van der Waals surface area contributed by atoms with Crippen LogP contribution in [0.5, 0.6) is 0 Å². The summed E-state index contributed by atoms with van der Waals surface area (Å²) in [4.78, 5) is 25.4. The van der Waals surface area contributed by atoms with Crippen LogP contribution in [0.15, 0.2) is 84.9 Å². The fourth-order valence-electron chi connectivity index (χ4n) is 2.98. The first kappa shape index (κ1) is 19.4. The van der Waals surface area contributed by atoms with Crippen molar-refractivity contribution in [3.05, 3.63) is 107 Å². The smallest absolute Gasteiger partial charge is 0.408 e. The quantitative estimate of drug-likeness (QED) is 0.610. The molecule has 3 aromatic carbocycles. The van der Waals surface area contributed by atoms with Crippen molar-refractivity contribution in [3.8, 4) is 0 Å². The van der Waals surface area contributed by atoms with Gasteiger partial charge in [-0.3, -0.25) is 4.79 Å². The zero-order chi connectivity index (χ0) is 19.8. The second-order valence-electron chi connectivity index (χ2n) is 6.62. The molecular weight excluding hydrogens is 350 g/mol. The molecule has 1 amide bonds. The Morgan fingerprint density at radius 1 is 0.857 bits per heavy atom. The van der Waals surface area contributed by atoms with Crippen molar-refractivity contribution in [2.45, 2.75) is 26.0 Å². The number of aryl methyl sites for hydroxylation is 1. The maximum Gasteiger partial charge on any atom is 0.408 e. The molecule has 1 unspecified atom stereocenters. The number of hydrogen-bond donors (Lipinski definition) is 1. The molecule has 4 nitrogen and oxygen atoms in total. The molecule has 142 valence electrons. The van der Waals surface area contributed by atoms with Crippen LogP contribution in [-0.2, 0) is 17.8 Å². The molecule has 0 radical (unpaired) electrons. The lowest BCUT2D eigenvalue weighted by Gasteiger charge is -2.19. The Kier molecular flexibility index (Phi) is 6.58. The maximum atomic E-state index is 13.0.